The molecule has 10 heteroatoms. The predicted octanol–water partition coefficient (Wildman–Crippen LogP) is 13.1. The first-order valence-electron chi connectivity index (χ1n) is 23.0. The normalized spacial score (nSPS) is 13.5. The fourth-order valence-electron chi connectivity index (χ4n) is 6.46. The molecule has 0 spiro atoms. The van der Waals surface area contributed by atoms with Gasteiger partial charge in [0.1, 0.15) is 19.8 Å². The minimum Gasteiger partial charge on any atom is -0.462 e. The first kappa shape index (κ1) is 54.5. The van der Waals surface area contributed by atoms with E-state index in [1.807, 2.05) is 27.2 Å². The summed E-state index contributed by atoms with van der Waals surface area (Å²) in [5, 5.41) is 0. The average molecular weight is 815 g/mol. The molecule has 0 aliphatic carbocycles. The zero-order chi connectivity index (χ0) is 41.4. The molecular formula is C46H89NO8P+. The van der Waals surface area contributed by atoms with Gasteiger partial charge in [-0.15, -0.1) is 6.58 Å². The molecule has 0 aromatic heterocycles. The van der Waals surface area contributed by atoms with Crippen LogP contribution in [0.2, 0.25) is 0 Å². The van der Waals surface area contributed by atoms with Crippen LogP contribution < -0.4 is 0 Å². The Kier molecular flexibility index (Phi) is 37.9. The summed E-state index contributed by atoms with van der Waals surface area (Å²) in [5.41, 5.74) is 0. The van der Waals surface area contributed by atoms with Gasteiger partial charge in [0.25, 0.3) is 0 Å². The number of quaternary nitrogens is 1. The second kappa shape index (κ2) is 39.0. The molecule has 9 nitrogen and oxygen atoms in total. The minimum atomic E-state index is -4.37. The van der Waals surface area contributed by atoms with Crippen LogP contribution in [0.5, 0.6) is 0 Å². The summed E-state index contributed by atoms with van der Waals surface area (Å²) in [7, 11) is 1.48. The van der Waals surface area contributed by atoms with Crippen molar-refractivity contribution in [3.63, 3.8) is 0 Å². The number of carbonyl (C=O) groups excluding carboxylic acids is 2. The third-order valence-corrected chi connectivity index (χ3v) is 11.1. The second-order valence-corrected chi connectivity index (χ2v) is 18.3. The van der Waals surface area contributed by atoms with Gasteiger partial charge in [-0.25, -0.2) is 4.57 Å². The van der Waals surface area contributed by atoms with Crippen LogP contribution in [-0.4, -0.2) is 74.9 Å². The standard InChI is InChI=1S/C46H88NO8P/c1-6-8-10-12-14-16-18-20-22-23-25-26-28-30-32-34-36-38-45(48)52-42-44(43-54-56(50,51)53-41-40-47(3,4)5)55-46(49)39-37-35-33-31-29-27-24-21-19-17-15-13-11-9-7-2/h7,20,22,44H,2,6,8-19,21,23-43H2,1,3-5H3/p+1/b22-20+/t44-/m1/s1. The molecule has 0 radical (unpaired) electrons. The molecule has 0 aliphatic heterocycles. The summed E-state index contributed by atoms with van der Waals surface area (Å²) in [6.45, 7) is 5.95. The number of phosphoric ester groups is 1. The Hall–Kier alpha value is -1.51. The van der Waals surface area contributed by atoms with Gasteiger partial charge in [0.15, 0.2) is 6.10 Å². The van der Waals surface area contributed by atoms with Crippen LogP contribution >= 0.6 is 7.82 Å². The van der Waals surface area contributed by atoms with Crippen molar-refractivity contribution in [2.45, 2.75) is 212 Å². The van der Waals surface area contributed by atoms with E-state index in [0.29, 0.717) is 17.4 Å². The molecule has 0 heterocycles. The minimum absolute atomic E-state index is 0.0319. The average Bonchev–Trinajstić information content (AvgIpc) is 3.15. The molecule has 1 unspecified atom stereocenters. The Morgan fingerprint density at radius 1 is 0.589 bits per heavy atom. The molecule has 1 N–H and O–H groups in total. The molecule has 0 saturated carbocycles. The maximum atomic E-state index is 12.7. The lowest BCUT2D eigenvalue weighted by molar-refractivity contribution is -0.870. The lowest BCUT2D eigenvalue weighted by Gasteiger charge is -2.24. The van der Waals surface area contributed by atoms with Gasteiger partial charge >= 0.3 is 19.8 Å². The van der Waals surface area contributed by atoms with Gasteiger partial charge in [-0.2, -0.15) is 0 Å². The number of hydrogen-bond donors (Lipinski definition) is 1. The summed E-state index contributed by atoms with van der Waals surface area (Å²) in [5.74, 6) is -0.800. The number of hydrogen-bond acceptors (Lipinski definition) is 7. The number of esters is 2. The molecule has 0 aromatic carbocycles. The van der Waals surface area contributed by atoms with Crippen molar-refractivity contribution >= 4 is 19.8 Å². The summed E-state index contributed by atoms with van der Waals surface area (Å²) < 4.78 is 34.3. The van der Waals surface area contributed by atoms with Crippen LogP contribution in [0, 0.1) is 0 Å². The SMILES string of the molecule is C=CCCCCCCCCCCCCCCCC(=O)O[C@H](COC(=O)CCCCCCCCC/C=C/CCCCCCCC)COP(=O)(O)OCC[N+](C)(C)C. The summed E-state index contributed by atoms with van der Waals surface area (Å²) >= 11 is 0. The zero-order valence-electron chi connectivity index (χ0n) is 37.0. The molecule has 330 valence electrons. The second-order valence-electron chi connectivity index (χ2n) is 16.9. The molecule has 2 atom stereocenters. The maximum absolute atomic E-state index is 12.7. The van der Waals surface area contributed by atoms with Crippen molar-refractivity contribution in [2.75, 3.05) is 47.5 Å². The van der Waals surface area contributed by atoms with Crippen molar-refractivity contribution in [1.82, 2.24) is 0 Å². The Morgan fingerprint density at radius 2 is 1.00 bits per heavy atom. The molecule has 0 aliphatic rings. The van der Waals surface area contributed by atoms with E-state index in [0.717, 1.165) is 38.5 Å². The number of likely N-dealkylation sites (N-methyl/N-ethyl adjacent to an activating group) is 1. The lowest BCUT2D eigenvalue weighted by atomic mass is 10.0. The summed E-state index contributed by atoms with van der Waals surface area (Å²) in [6.07, 6.45) is 41.1. The van der Waals surface area contributed by atoms with E-state index in [2.05, 4.69) is 25.7 Å². The third-order valence-electron chi connectivity index (χ3n) is 10.1. The Bertz CT molecular complexity index is 998. The van der Waals surface area contributed by atoms with E-state index in [9.17, 15) is 19.0 Å². The van der Waals surface area contributed by atoms with Crippen LogP contribution in [0.3, 0.4) is 0 Å². The highest BCUT2D eigenvalue weighted by Gasteiger charge is 2.27. The highest BCUT2D eigenvalue weighted by atomic mass is 31.2. The predicted molar refractivity (Wildman–Crippen MR) is 234 cm³/mol. The number of unbranched alkanes of at least 4 members (excludes halogenated alkanes) is 26. The van der Waals surface area contributed by atoms with Gasteiger partial charge in [0.2, 0.25) is 0 Å². The largest absolute Gasteiger partial charge is 0.472 e. The van der Waals surface area contributed by atoms with Crippen LogP contribution in [0.25, 0.3) is 0 Å². The van der Waals surface area contributed by atoms with Gasteiger partial charge < -0.3 is 18.9 Å². The smallest absolute Gasteiger partial charge is 0.462 e. The van der Waals surface area contributed by atoms with Crippen molar-refractivity contribution < 1.29 is 42.1 Å². The van der Waals surface area contributed by atoms with E-state index in [4.69, 9.17) is 18.5 Å². The third kappa shape index (κ3) is 42.1. The molecule has 0 aromatic rings. The van der Waals surface area contributed by atoms with Crippen LogP contribution in [0.4, 0.5) is 0 Å². The number of nitrogens with zero attached hydrogens (tertiary/aromatic N) is 1. The van der Waals surface area contributed by atoms with Crippen molar-refractivity contribution in [2.24, 2.45) is 0 Å². The van der Waals surface area contributed by atoms with E-state index in [1.54, 1.807) is 0 Å². The molecule has 0 bridgehead atoms. The van der Waals surface area contributed by atoms with Crippen molar-refractivity contribution in [1.29, 1.82) is 0 Å². The van der Waals surface area contributed by atoms with Gasteiger partial charge in [0, 0.05) is 12.8 Å². The van der Waals surface area contributed by atoms with Gasteiger partial charge in [0.05, 0.1) is 27.7 Å². The zero-order valence-corrected chi connectivity index (χ0v) is 37.9. The number of rotatable bonds is 43. The van der Waals surface area contributed by atoms with Gasteiger partial charge in [-0.3, -0.25) is 18.6 Å². The van der Waals surface area contributed by atoms with Crippen molar-refractivity contribution in [3.8, 4) is 0 Å². The quantitative estimate of drug-likeness (QED) is 0.0213. The topological polar surface area (TPSA) is 108 Å². The first-order valence-corrected chi connectivity index (χ1v) is 24.5. The Balaban J connectivity index is 4.30. The summed E-state index contributed by atoms with van der Waals surface area (Å²) in [6, 6.07) is 0. The van der Waals surface area contributed by atoms with E-state index >= 15 is 0 Å². The Labute approximate surface area is 345 Å². The Morgan fingerprint density at radius 3 is 1.45 bits per heavy atom. The van der Waals surface area contributed by atoms with Crippen LogP contribution in [0.1, 0.15) is 206 Å². The van der Waals surface area contributed by atoms with Crippen molar-refractivity contribution in [3.05, 3.63) is 24.8 Å². The van der Waals surface area contributed by atoms with E-state index in [1.165, 1.54) is 141 Å². The summed E-state index contributed by atoms with van der Waals surface area (Å²) in [4.78, 5) is 35.4. The molecule has 0 fully saturated rings. The highest BCUT2D eigenvalue weighted by Crippen LogP contribution is 2.43. The van der Waals surface area contributed by atoms with Crippen LogP contribution in [-0.2, 0) is 32.7 Å². The molecular weight excluding hydrogens is 725 g/mol. The van der Waals surface area contributed by atoms with E-state index in [-0.39, 0.29) is 32.0 Å². The first-order chi connectivity index (χ1) is 27.0. The number of ether oxygens (including phenoxy) is 2. The lowest BCUT2D eigenvalue weighted by Crippen LogP contribution is -2.37. The fourth-order valence-corrected chi connectivity index (χ4v) is 7.20. The highest BCUT2D eigenvalue weighted by molar-refractivity contribution is 7.47. The molecule has 0 rings (SSSR count). The van der Waals surface area contributed by atoms with Crippen LogP contribution in [0.15, 0.2) is 24.8 Å². The number of allylic oxidation sites excluding steroid dienone is 3. The molecule has 56 heavy (non-hydrogen) atoms. The monoisotopic (exact) mass is 815 g/mol. The number of phosphoric acid groups is 1. The maximum Gasteiger partial charge on any atom is 0.472 e. The van der Waals surface area contributed by atoms with Gasteiger partial charge in [-0.05, 0) is 51.4 Å². The molecule has 0 saturated heterocycles. The molecule has 0 amide bonds. The number of carbonyl (C=O) groups is 2. The fraction of sp³-hybridized carbons (Fsp3) is 0.870. The van der Waals surface area contributed by atoms with E-state index < -0.39 is 26.5 Å². The van der Waals surface area contributed by atoms with Gasteiger partial charge in [-0.1, -0.05) is 160 Å².